The summed E-state index contributed by atoms with van der Waals surface area (Å²) in [5, 5.41) is 11.6. The number of thioether (sulfide) groups is 1. The van der Waals surface area contributed by atoms with E-state index in [1.807, 2.05) is 0 Å². The lowest BCUT2D eigenvalue weighted by Crippen LogP contribution is -2.33. The number of nitrogens with one attached hydrogen (secondary N) is 1. The maximum atomic E-state index is 12.3. The van der Waals surface area contributed by atoms with E-state index in [-0.39, 0.29) is 16.8 Å². The maximum Gasteiger partial charge on any atom is 0.323 e. The van der Waals surface area contributed by atoms with Crippen LogP contribution in [0.2, 0.25) is 0 Å². The van der Waals surface area contributed by atoms with E-state index in [9.17, 15) is 14.4 Å². The number of para-hydroxylation sites is 2. The molecule has 0 aliphatic carbocycles. The van der Waals surface area contributed by atoms with Crippen LogP contribution in [0.5, 0.6) is 11.5 Å². The van der Waals surface area contributed by atoms with E-state index in [4.69, 9.17) is 26.8 Å². The van der Waals surface area contributed by atoms with E-state index >= 15 is 0 Å². The van der Waals surface area contributed by atoms with Crippen LogP contribution in [0.3, 0.4) is 0 Å². The predicted octanol–water partition coefficient (Wildman–Crippen LogP) is 3.00. The van der Waals surface area contributed by atoms with Crippen LogP contribution in [0.15, 0.2) is 53.4 Å². The van der Waals surface area contributed by atoms with Crippen molar-refractivity contribution < 1.29 is 29.0 Å². The molecule has 0 atom stereocenters. The number of carboxylic acid groups (broad SMARTS) is 1. The van der Waals surface area contributed by atoms with Crippen LogP contribution in [0.25, 0.3) is 6.08 Å². The number of hydrogen-bond donors (Lipinski definition) is 2. The van der Waals surface area contributed by atoms with Gasteiger partial charge in [0.15, 0.2) is 6.61 Å². The van der Waals surface area contributed by atoms with Gasteiger partial charge in [-0.1, -0.05) is 48.2 Å². The Morgan fingerprint density at radius 2 is 1.90 bits per heavy atom. The summed E-state index contributed by atoms with van der Waals surface area (Å²) in [6, 6.07) is 13.8. The SMILES string of the molecule is COc1ccccc1NC(=O)COc1ccc(/C=C2/SC(=S)N(CC(=O)O)C2=O)cc1. The number of nitrogens with zero attached hydrogens (tertiary/aromatic N) is 1. The average Bonchev–Trinajstić information content (AvgIpc) is 3.00. The van der Waals surface area contributed by atoms with Crippen LogP contribution in [-0.4, -0.2) is 52.4 Å². The second-order valence-corrected chi connectivity index (χ2v) is 7.94. The van der Waals surface area contributed by atoms with E-state index in [2.05, 4.69) is 5.32 Å². The van der Waals surface area contributed by atoms with Crippen LogP contribution in [0.4, 0.5) is 5.69 Å². The monoisotopic (exact) mass is 458 g/mol. The van der Waals surface area contributed by atoms with Crippen molar-refractivity contribution >= 4 is 57.8 Å². The highest BCUT2D eigenvalue weighted by molar-refractivity contribution is 8.26. The van der Waals surface area contributed by atoms with Crippen LogP contribution < -0.4 is 14.8 Å². The average molecular weight is 459 g/mol. The van der Waals surface area contributed by atoms with Gasteiger partial charge in [0.25, 0.3) is 11.8 Å². The third-order valence-corrected chi connectivity index (χ3v) is 5.47. The van der Waals surface area contributed by atoms with Crippen LogP contribution in [0.1, 0.15) is 5.56 Å². The first-order valence-corrected chi connectivity index (χ1v) is 10.2. The van der Waals surface area contributed by atoms with E-state index in [1.54, 1.807) is 54.6 Å². The van der Waals surface area contributed by atoms with Crippen LogP contribution in [-0.2, 0) is 14.4 Å². The molecule has 2 aromatic rings. The molecule has 0 spiro atoms. The summed E-state index contributed by atoms with van der Waals surface area (Å²) in [6.45, 7) is -0.656. The summed E-state index contributed by atoms with van der Waals surface area (Å²) in [4.78, 5) is 36.7. The van der Waals surface area contributed by atoms with Gasteiger partial charge in [0.2, 0.25) is 0 Å². The number of rotatable bonds is 8. The first-order chi connectivity index (χ1) is 14.9. The summed E-state index contributed by atoms with van der Waals surface area (Å²) >= 11 is 6.12. The zero-order chi connectivity index (χ0) is 22.4. The molecule has 1 fully saturated rings. The number of carboxylic acids is 1. The zero-order valence-electron chi connectivity index (χ0n) is 16.4. The minimum atomic E-state index is -1.13. The molecule has 1 aliphatic rings. The fourth-order valence-corrected chi connectivity index (χ4v) is 3.92. The Morgan fingerprint density at radius 1 is 1.19 bits per heavy atom. The van der Waals surface area contributed by atoms with Crippen molar-refractivity contribution in [3.63, 3.8) is 0 Å². The molecule has 1 aliphatic heterocycles. The lowest BCUT2D eigenvalue weighted by molar-refractivity contribution is -0.140. The molecule has 10 heteroatoms. The van der Waals surface area contributed by atoms with Gasteiger partial charge in [-0.3, -0.25) is 19.3 Å². The number of carbonyl (C=O) groups excluding carboxylic acids is 2. The van der Waals surface area contributed by atoms with Gasteiger partial charge in [0.05, 0.1) is 17.7 Å². The lowest BCUT2D eigenvalue weighted by Gasteiger charge is -2.11. The highest BCUT2D eigenvalue weighted by Gasteiger charge is 2.33. The van der Waals surface area contributed by atoms with Gasteiger partial charge in [0.1, 0.15) is 22.4 Å². The Labute approximate surface area is 187 Å². The summed E-state index contributed by atoms with van der Waals surface area (Å²) in [5.41, 5.74) is 1.26. The molecular weight excluding hydrogens is 440 g/mol. The molecule has 2 amide bonds. The highest BCUT2D eigenvalue weighted by Crippen LogP contribution is 2.32. The number of methoxy groups -OCH3 is 1. The summed E-state index contributed by atoms with van der Waals surface area (Å²) in [7, 11) is 1.52. The van der Waals surface area contributed by atoms with E-state index in [1.165, 1.54) is 7.11 Å². The first kappa shape index (κ1) is 22.3. The molecule has 1 saturated heterocycles. The molecule has 0 aromatic heterocycles. The van der Waals surface area contributed by atoms with Crippen molar-refractivity contribution in [1.29, 1.82) is 0 Å². The Morgan fingerprint density at radius 3 is 2.58 bits per heavy atom. The first-order valence-electron chi connectivity index (χ1n) is 9.00. The molecule has 3 rings (SSSR count). The second kappa shape index (κ2) is 10.1. The number of benzene rings is 2. The topological polar surface area (TPSA) is 105 Å². The van der Waals surface area contributed by atoms with Crippen molar-refractivity contribution in [1.82, 2.24) is 4.90 Å². The van der Waals surface area contributed by atoms with Crippen molar-refractivity contribution in [2.45, 2.75) is 0 Å². The molecule has 0 radical (unpaired) electrons. The van der Waals surface area contributed by atoms with Gasteiger partial charge in [-0.25, -0.2) is 0 Å². The second-order valence-electron chi connectivity index (χ2n) is 6.27. The van der Waals surface area contributed by atoms with Gasteiger partial charge < -0.3 is 19.9 Å². The third-order valence-electron chi connectivity index (χ3n) is 4.10. The van der Waals surface area contributed by atoms with Crippen molar-refractivity contribution in [2.75, 3.05) is 25.6 Å². The van der Waals surface area contributed by atoms with Gasteiger partial charge >= 0.3 is 5.97 Å². The number of thiocarbonyl (C=S) groups is 1. The zero-order valence-corrected chi connectivity index (χ0v) is 18.0. The molecule has 160 valence electrons. The standard InChI is InChI=1S/C21H18N2O6S2/c1-28-16-5-3-2-4-15(16)22-18(24)12-29-14-8-6-13(7-9-14)10-17-20(27)23(11-19(25)26)21(30)31-17/h2-10H,11-12H2,1H3,(H,22,24)(H,25,26)/b17-10+. The number of anilines is 1. The smallest absolute Gasteiger partial charge is 0.323 e. The Balaban J connectivity index is 1.57. The van der Waals surface area contributed by atoms with E-state index in [0.717, 1.165) is 16.7 Å². The van der Waals surface area contributed by atoms with Gasteiger partial charge in [-0.2, -0.15) is 0 Å². The number of amides is 2. The Kier molecular flexibility index (Phi) is 7.27. The van der Waals surface area contributed by atoms with Gasteiger partial charge in [-0.05, 0) is 35.9 Å². The molecule has 2 N–H and O–H groups in total. The lowest BCUT2D eigenvalue weighted by atomic mass is 10.2. The quantitative estimate of drug-likeness (QED) is 0.460. The summed E-state index contributed by atoms with van der Waals surface area (Å²) in [5.74, 6) is -0.880. The summed E-state index contributed by atoms with van der Waals surface area (Å²) in [6.07, 6.45) is 1.62. The van der Waals surface area contributed by atoms with E-state index in [0.29, 0.717) is 27.7 Å². The minimum absolute atomic E-state index is 0.189. The number of hydrogen-bond acceptors (Lipinski definition) is 7. The molecule has 8 nitrogen and oxygen atoms in total. The molecule has 2 aromatic carbocycles. The van der Waals surface area contributed by atoms with Crippen molar-refractivity contribution in [3.8, 4) is 11.5 Å². The van der Waals surface area contributed by atoms with Crippen LogP contribution in [0, 0.1) is 0 Å². The number of ether oxygens (including phenoxy) is 2. The highest BCUT2D eigenvalue weighted by atomic mass is 32.2. The maximum absolute atomic E-state index is 12.3. The number of carbonyl (C=O) groups is 3. The van der Waals surface area contributed by atoms with E-state index < -0.39 is 18.4 Å². The molecule has 0 bridgehead atoms. The molecule has 0 unspecified atom stereocenters. The minimum Gasteiger partial charge on any atom is -0.495 e. The van der Waals surface area contributed by atoms with Crippen molar-refractivity contribution in [3.05, 3.63) is 59.0 Å². The fourth-order valence-electron chi connectivity index (χ4n) is 2.67. The van der Waals surface area contributed by atoms with Crippen molar-refractivity contribution in [2.24, 2.45) is 0 Å². The number of aliphatic carboxylic acids is 1. The predicted molar refractivity (Wildman–Crippen MR) is 121 cm³/mol. The Bertz CT molecular complexity index is 1050. The molecule has 0 saturated carbocycles. The molecule has 31 heavy (non-hydrogen) atoms. The fraction of sp³-hybridized carbons (Fsp3) is 0.143. The van der Waals surface area contributed by atoms with Gasteiger partial charge in [0, 0.05) is 0 Å². The Hall–Kier alpha value is -3.37. The normalized spacial score (nSPS) is 14.6. The van der Waals surface area contributed by atoms with Crippen LogP contribution >= 0.6 is 24.0 Å². The molecular formula is C21H18N2O6S2. The molecule has 1 heterocycles. The summed E-state index contributed by atoms with van der Waals surface area (Å²) < 4.78 is 10.9. The third kappa shape index (κ3) is 5.83. The van der Waals surface area contributed by atoms with Gasteiger partial charge in [-0.15, -0.1) is 0 Å². The largest absolute Gasteiger partial charge is 0.495 e.